The predicted molar refractivity (Wildman–Crippen MR) is 166 cm³/mol. The van der Waals surface area contributed by atoms with E-state index in [1.54, 1.807) is 0 Å². The molecule has 4 saturated heterocycles. The highest BCUT2D eigenvalue weighted by molar-refractivity contribution is 6.09. The van der Waals surface area contributed by atoms with Gasteiger partial charge in [0.05, 0.1) is 17.3 Å². The third-order valence-corrected chi connectivity index (χ3v) is 11.9. The van der Waals surface area contributed by atoms with Gasteiger partial charge in [-0.1, -0.05) is 30.4 Å². The van der Waals surface area contributed by atoms with Crippen LogP contribution in [0.5, 0.6) is 0 Å². The van der Waals surface area contributed by atoms with Crippen molar-refractivity contribution < 1.29 is 9.53 Å². The van der Waals surface area contributed by atoms with Gasteiger partial charge < -0.3 is 14.6 Å². The molecule has 5 aliphatic heterocycles. The lowest BCUT2D eigenvalue weighted by Gasteiger charge is -2.59. The molecule has 6 heteroatoms. The van der Waals surface area contributed by atoms with Gasteiger partial charge in [0.25, 0.3) is 0 Å². The summed E-state index contributed by atoms with van der Waals surface area (Å²) in [6.45, 7) is 4.44. The molecule has 6 aliphatic rings. The minimum absolute atomic E-state index is 0.0988. The fourth-order valence-electron chi connectivity index (χ4n) is 10.5. The molecule has 0 radical (unpaired) electrons. The number of rotatable bonds is 1. The Morgan fingerprint density at radius 1 is 0.952 bits per heavy atom. The largest absolute Gasteiger partial charge is 0.353 e. The van der Waals surface area contributed by atoms with E-state index in [1.165, 1.54) is 47.7 Å². The van der Waals surface area contributed by atoms with Crippen molar-refractivity contribution in [3.05, 3.63) is 60.5 Å². The minimum atomic E-state index is -0.366. The molecule has 4 fully saturated rings. The number of allylic oxidation sites excluding steroid dienone is 3. The van der Waals surface area contributed by atoms with Crippen LogP contribution in [0.3, 0.4) is 0 Å². The first kappa shape index (κ1) is 25.7. The van der Waals surface area contributed by atoms with Crippen LogP contribution < -0.4 is 0 Å². The average molecular weight is 563 g/mol. The van der Waals surface area contributed by atoms with Gasteiger partial charge in [0.2, 0.25) is 0 Å². The van der Waals surface area contributed by atoms with Crippen molar-refractivity contribution in [2.75, 3.05) is 26.2 Å². The highest BCUT2D eigenvalue weighted by Gasteiger charge is 2.77. The van der Waals surface area contributed by atoms with E-state index in [-0.39, 0.29) is 16.7 Å². The number of hydrogen-bond acceptors (Lipinski definition) is 5. The van der Waals surface area contributed by atoms with E-state index in [2.05, 4.69) is 63.3 Å². The summed E-state index contributed by atoms with van der Waals surface area (Å²) in [5.74, 6) is 0.850. The Bertz CT molecular complexity index is 1640. The number of aromatic nitrogens is 2. The maximum absolute atomic E-state index is 12.8. The Kier molecular flexibility index (Phi) is 5.71. The first-order valence-electron chi connectivity index (χ1n) is 16.6. The number of carbonyl (C=O) groups excluding carboxylic acids is 1. The summed E-state index contributed by atoms with van der Waals surface area (Å²) >= 11 is 0. The number of aromatic amines is 1. The number of H-pyrrole nitrogens is 1. The third-order valence-electron chi connectivity index (χ3n) is 11.9. The van der Waals surface area contributed by atoms with E-state index in [9.17, 15) is 4.79 Å². The highest BCUT2D eigenvalue weighted by Crippen LogP contribution is 2.70. The molecule has 6 atom stereocenters. The third kappa shape index (κ3) is 3.55. The zero-order valence-electron chi connectivity index (χ0n) is 24.6. The van der Waals surface area contributed by atoms with Crippen molar-refractivity contribution >= 4 is 33.2 Å². The lowest BCUT2D eigenvalue weighted by molar-refractivity contribution is -0.180. The van der Waals surface area contributed by atoms with E-state index >= 15 is 0 Å². The van der Waals surface area contributed by atoms with Gasteiger partial charge in [-0.2, -0.15) is 0 Å². The molecule has 5 bridgehead atoms. The summed E-state index contributed by atoms with van der Waals surface area (Å²) in [4.78, 5) is 27.3. The van der Waals surface area contributed by atoms with Gasteiger partial charge >= 0.3 is 0 Å². The van der Waals surface area contributed by atoms with E-state index in [0.717, 1.165) is 69.4 Å². The Labute approximate surface area is 248 Å². The van der Waals surface area contributed by atoms with Crippen LogP contribution in [0.2, 0.25) is 0 Å². The van der Waals surface area contributed by atoms with E-state index < -0.39 is 0 Å². The number of ether oxygens (including phenoxy) is 1. The molecule has 6 nitrogen and oxygen atoms in total. The lowest BCUT2D eigenvalue weighted by atomic mass is 9.53. The lowest BCUT2D eigenvalue weighted by Crippen LogP contribution is -2.65. The summed E-state index contributed by atoms with van der Waals surface area (Å²) in [5, 5.41) is 2.52. The van der Waals surface area contributed by atoms with Gasteiger partial charge in [0, 0.05) is 53.8 Å². The van der Waals surface area contributed by atoms with Crippen LogP contribution in [0.15, 0.2) is 54.8 Å². The number of nitrogens with zero attached hydrogens (tertiary/aromatic N) is 3. The van der Waals surface area contributed by atoms with E-state index in [4.69, 9.17) is 9.72 Å². The quantitative estimate of drug-likeness (QED) is 0.338. The summed E-state index contributed by atoms with van der Waals surface area (Å²) in [6, 6.07) is 11.2. The number of ketones is 1. The van der Waals surface area contributed by atoms with Gasteiger partial charge in [-0.25, -0.2) is 0 Å². The number of pyridine rings is 1. The second-order valence-corrected chi connectivity index (χ2v) is 14.1. The molecule has 3 unspecified atom stereocenters. The van der Waals surface area contributed by atoms with Crippen LogP contribution in [-0.4, -0.2) is 69.1 Å². The summed E-state index contributed by atoms with van der Waals surface area (Å²) in [6.07, 6.45) is 20.5. The van der Waals surface area contributed by atoms with Gasteiger partial charge in [0.1, 0.15) is 17.1 Å². The second-order valence-electron chi connectivity index (χ2n) is 14.1. The number of carbonyl (C=O) groups is 1. The molecule has 42 heavy (non-hydrogen) atoms. The zero-order chi connectivity index (χ0) is 27.9. The van der Waals surface area contributed by atoms with Crippen LogP contribution in [0.1, 0.15) is 76.3 Å². The number of hydrogen-bond donors (Lipinski definition) is 1. The van der Waals surface area contributed by atoms with Gasteiger partial charge in [-0.05, 0) is 101 Å². The van der Waals surface area contributed by atoms with Crippen molar-refractivity contribution in [3.63, 3.8) is 0 Å². The molecule has 2 aromatic heterocycles. The van der Waals surface area contributed by atoms with Crippen molar-refractivity contribution in [2.45, 2.75) is 88.0 Å². The number of piperidine rings is 1. The summed E-state index contributed by atoms with van der Waals surface area (Å²) < 4.78 is 7.53. The smallest absolute Gasteiger partial charge is 0.133 e. The molecule has 1 spiro atoms. The minimum Gasteiger partial charge on any atom is -0.353 e. The number of benzene rings is 1. The van der Waals surface area contributed by atoms with E-state index in [0.29, 0.717) is 30.6 Å². The fourth-order valence-corrected chi connectivity index (χ4v) is 10.5. The molecular weight excluding hydrogens is 520 g/mol. The molecule has 7 heterocycles. The molecule has 0 amide bonds. The normalized spacial score (nSPS) is 39.2. The van der Waals surface area contributed by atoms with Crippen LogP contribution in [0, 0.1) is 11.3 Å². The monoisotopic (exact) mass is 562 g/mol. The van der Waals surface area contributed by atoms with Crippen LogP contribution in [0.25, 0.3) is 27.4 Å². The van der Waals surface area contributed by atoms with Crippen molar-refractivity contribution in [2.24, 2.45) is 11.3 Å². The Morgan fingerprint density at radius 2 is 1.88 bits per heavy atom. The number of para-hydroxylation sites is 1. The van der Waals surface area contributed by atoms with Crippen LogP contribution in [-0.2, 0) is 9.53 Å². The summed E-state index contributed by atoms with van der Waals surface area (Å²) in [5.41, 5.74) is 4.28. The van der Waals surface area contributed by atoms with Gasteiger partial charge in [-0.3, -0.25) is 14.7 Å². The molecule has 9 rings (SSSR count). The second kappa shape index (κ2) is 9.35. The zero-order valence-corrected chi connectivity index (χ0v) is 24.6. The standard InChI is InChI=1S/C36H42N4O2/c41-25-10-9-20-40-33-34-23-36(40,17-13-25)42-35(33)16-7-3-1-2-4-8-19-39(24-34)21-15-29(34)28(22-35)31-32-27(14-18-37-31)26-11-5-6-12-30(26)38-32/h1,3,5-6,11-12,14,18,22,29,33,38H,2,4,7-10,13,15-17,19-21,23-24H2/b3-1-/t29?,33?,34-,35-,36-/m0/s1. The molecule has 3 aromatic rings. The molecule has 1 aliphatic carbocycles. The fraction of sp³-hybridized carbons (Fsp3) is 0.556. The molecule has 0 saturated carbocycles. The van der Waals surface area contributed by atoms with Crippen molar-refractivity contribution in [3.8, 4) is 0 Å². The SMILES string of the molecule is O=C1CCCN2C3[C@@]45CN6CCCC/C=C\CC[C@@]3(C=C(c3nccc7c3[nH]c3ccccc37)C4CC6)O[C@@]2(CC1)C5. The van der Waals surface area contributed by atoms with Gasteiger partial charge in [-0.15, -0.1) is 0 Å². The molecule has 1 N–H and O–H groups in total. The van der Waals surface area contributed by atoms with Gasteiger partial charge in [0.15, 0.2) is 0 Å². The maximum atomic E-state index is 12.8. The van der Waals surface area contributed by atoms with Crippen LogP contribution in [0.4, 0.5) is 0 Å². The van der Waals surface area contributed by atoms with Crippen molar-refractivity contribution in [1.82, 2.24) is 19.8 Å². The van der Waals surface area contributed by atoms with Crippen molar-refractivity contribution in [1.29, 1.82) is 0 Å². The Hall–Kier alpha value is -2.80. The van der Waals surface area contributed by atoms with Crippen LogP contribution >= 0.6 is 0 Å². The Morgan fingerprint density at radius 3 is 2.86 bits per heavy atom. The topological polar surface area (TPSA) is 61.5 Å². The summed E-state index contributed by atoms with van der Waals surface area (Å²) in [7, 11) is 0. The first-order valence-corrected chi connectivity index (χ1v) is 16.6. The first-order chi connectivity index (χ1) is 20.6. The number of fused-ring (bicyclic) bond motifs is 4. The maximum Gasteiger partial charge on any atom is 0.133 e. The van der Waals surface area contributed by atoms with E-state index in [1.807, 2.05) is 6.20 Å². The highest BCUT2D eigenvalue weighted by atomic mass is 16.6. The molecule has 1 aromatic carbocycles. The average Bonchev–Trinajstić information content (AvgIpc) is 3.58. The molecular formula is C36H42N4O2. The molecule has 218 valence electrons. The predicted octanol–water partition coefficient (Wildman–Crippen LogP) is 6.62. The Balaban J connectivity index is 1.27. The number of nitrogens with one attached hydrogen (secondary N) is 1. The number of Topliss-reactive ketones (excluding diaryl/α,β-unsaturated/α-hetero) is 1.